The van der Waals surface area contributed by atoms with Gasteiger partial charge in [0, 0.05) is 16.7 Å². The van der Waals surface area contributed by atoms with Crippen LogP contribution in [0, 0.1) is 11.3 Å². The molecule has 168 valence electrons. The van der Waals surface area contributed by atoms with Gasteiger partial charge in [-0.3, -0.25) is 15.5 Å². The first kappa shape index (κ1) is 21.4. The average molecular weight is 471 g/mol. The summed E-state index contributed by atoms with van der Waals surface area (Å²) < 4.78 is 11.2. The number of nitriles is 1. The molecule has 0 aliphatic carbocycles. The fraction of sp³-hybridized carbons (Fsp3) is 0.0833. The maximum Gasteiger partial charge on any atom is 0.257 e. The molecule has 0 saturated heterocycles. The summed E-state index contributed by atoms with van der Waals surface area (Å²) in [6.07, 6.45) is 3.15. The summed E-state index contributed by atoms with van der Waals surface area (Å²) in [5.74, 6) is 0.347. The lowest BCUT2D eigenvalue weighted by molar-refractivity contribution is 0.0976. The zero-order chi connectivity index (χ0) is 23.3. The molecular formula is C24H18N6O3S. The molecule has 0 saturated carbocycles. The van der Waals surface area contributed by atoms with Crippen molar-refractivity contribution in [1.29, 1.82) is 5.26 Å². The predicted molar refractivity (Wildman–Crippen MR) is 127 cm³/mol. The number of nitrogens with one attached hydrogen (secondary N) is 3. The number of carbonyl (C=O) groups excluding carboxylic acids is 1. The number of guanidine groups is 1. The number of hydrogen-bond acceptors (Lipinski definition) is 9. The monoisotopic (exact) mass is 470 g/mol. The SMILES string of the molecule is N#Cc1c(-c2ccoc2)cc(-c2cccs2)nc1OCc1ccc(C(=O)NC2=NCNN2)cc1. The first-order chi connectivity index (χ1) is 16.7. The van der Waals surface area contributed by atoms with Crippen LogP contribution >= 0.6 is 11.3 Å². The lowest BCUT2D eigenvalue weighted by Crippen LogP contribution is -2.42. The van der Waals surface area contributed by atoms with Gasteiger partial charge in [-0.05, 0) is 41.3 Å². The van der Waals surface area contributed by atoms with E-state index in [1.807, 2.05) is 23.6 Å². The maximum atomic E-state index is 12.3. The van der Waals surface area contributed by atoms with Crippen molar-refractivity contribution in [3.63, 3.8) is 0 Å². The molecule has 0 spiro atoms. The summed E-state index contributed by atoms with van der Waals surface area (Å²) in [6, 6.07) is 16.8. The summed E-state index contributed by atoms with van der Waals surface area (Å²) in [7, 11) is 0. The Bertz CT molecular complexity index is 1370. The molecule has 1 aliphatic rings. The topological polar surface area (TPSA) is 125 Å². The van der Waals surface area contributed by atoms with Gasteiger partial charge in [-0.25, -0.2) is 15.4 Å². The second-order valence-electron chi connectivity index (χ2n) is 7.24. The second kappa shape index (κ2) is 9.58. The zero-order valence-corrected chi connectivity index (χ0v) is 18.6. The molecule has 0 radical (unpaired) electrons. The molecule has 10 heteroatoms. The molecule has 0 bridgehead atoms. The fourth-order valence-electron chi connectivity index (χ4n) is 3.37. The number of aromatic nitrogens is 1. The van der Waals surface area contributed by atoms with Gasteiger partial charge in [0.2, 0.25) is 11.8 Å². The van der Waals surface area contributed by atoms with Crippen molar-refractivity contribution in [2.45, 2.75) is 6.61 Å². The van der Waals surface area contributed by atoms with E-state index in [0.717, 1.165) is 16.0 Å². The number of rotatable bonds is 6. The Labute approximate surface area is 198 Å². The highest BCUT2D eigenvalue weighted by molar-refractivity contribution is 7.13. The molecule has 0 unspecified atom stereocenters. The minimum atomic E-state index is -0.274. The zero-order valence-electron chi connectivity index (χ0n) is 17.7. The number of amides is 1. The summed E-state index contributed by atoms with van der Waals surface area (Å²) in [5.41, 5.74) is 9.36. The molecule has 1 aromatic carbocycles. The molecule has 1 aliphatic heterocycles. The number of aliphatic imine (C=N–C) groups is 1. The first-order valence-corrected chi connectivity index (χ1v) is 11.2. The largest absolute Gasteiger partial charge is 0.472 e. The Hall–Kier alpha value is -4.46. The van der Waals surface area contributed by atoms with Gasteiger partial charge in [0.05, 0.1) is 23.1 Å². The van der Waals surface area contributed by atoms with Crippen LogP contribution in [0.25, 0.3) is 21.7 Å². The van der Waals surface area contributed by atoms with Crippen molar-refractivity contribution in [1.82, 2.24) is 21.2 Å². The minimum Gasteiger partial charge on any atom is -0.472 e. The van der Waals surface area contributed by atoms with E-state index in [2.05, 4.69) is 32.2 Å². The highest BCUT2D eigenvalue weighted by Gasteiger charge is 2.18. The number of hydrogen-bond donors (Lipinski definition) is 3. The van der Waals surface area contributed by atoms with Crippen LogP contribution < -0.4 is 20.9 Å². The van der Waals surface area contributed by atoms with Gasteiger partial charge in [-0.1, -0.05) is 18.2 Å². The highest BCUT2D eigenvalue weighted by atomic mass is 32.1. The maximum absolute atomic E-state index is 12.3. The quantitative estimate of drug-likeness (QED) is 0.393. The van der Waals surface area contributed by atoms with Crippen molar-refractivity contribution in [3.8, 4) is 33.6 Å². The van der Waals surface area contributed by atoms with E-state index in [0.29, 0.717) is 35.0 Å². The molecule has 34 heavy (non-hydrogen) atoms. The number of benzene rings is 1. The molecule has 1 amide bonds. The van der Waals surface area contributed by atoms with E-state index < -0.39 is 0 Å². The minimum absolute atomic E-state index is 0.181. The van der Waals surface area contributed by atoms with E-state index in [-0.39, 0.29) is 18.4 Å². The normalized spacial score (nSPS) is 12.5. The summed E-state index contributed by atoms with van der Waals surface area (Å²) in [6.45, 7) is 0.584. The second-order valence-corrected chi connectivity index (χ2v) is 8.19. The molecule has 3 N–H and O–H groups in total. The van der Waals surface area contributed by atoms with Crippen molar-refractivity contribution in [2.24, 2.45) is 4.99 Å². The van der Waals surface area contributed by atoms with Gasteiger partial charge < -0.3 is 9.15 Å². The molecule has 0 atom stereocenters. The van der Waals surface area contributed by atoms with Crippen molar-refractivity contribution < 1.29 is 13.9 Å². The molecule has 0 fully saturated rings. The number of furan rings is 1. The number of hydrazine groups is 1. The molecule has 5 rings (SSSR count). The van der Waals surface area contributed by atoms with Gasteiger partial charge in [-0.15, -0.1) is 11.3 Å². The van der Waals surface area contributed by atoms with Crippen LogP contribution in [0.2, 0.25) is 0 Å². The van der Waals surface area contributed by atoms with E-state index >= 15 is 0 Å². The third-order valence-electron chi connectivity index (χ3n) is 5.05. The molecule has 3 aromatic heterocycles. The van der Waals surface area contributed by atoms with Crippen molar-refractivity contribution in [2.75, 3.05) is 6.67 Å². The van der Waals surface area contributed by atoms with Gasteiger partial charge >= 0.3 is 0 Å². The van der Waals surface area contributed by atoms with Crippen LogP contribution in [0.1, 0.15) is 21.5 Å². The Morgan fingerprint density at radius 3 is 2.82 bits per heavy atom. The van der Waals surface area contributed by atoms with E-state index in [1.54, 1.807) is 54.2 Å². The summed E-state index contributed by atoms with van der Waals surface area (Å²) in [5, 5.41) is 14.5. The van der Waals surface area contributed by atoms with E-state index in [4.69, 9.17) is 9.15 Å². The molecule has 9 nitrogen and oxygen atoms in total. The van der Waals surface area contributed by atoms with Crippen molar-refractivity contribution >= 4 is 23.2 Å². The van der Waals surface area contributed by atoms with Crippen LogP contribution in [0.5, 0.6) is 5.88 Å². The summed E-state index contributed by atoms with van der Waals surface area (Å²) >= 11 is 1.55. The predicted octanol–water partition coefficient (Wildman–Crippen LogP) is 3.67. The Morgan fingerprint density at radius 1 is 1.26 bits per heavy atom. The van der Waals surface area contributed by atoms with Gasteiger partial charge in [0.1, 0.15) is 24.9 Å². The van der Waals surface area contributed by atoms with Crippen LogP contribution in [-0.4, -0.2) is 23.5 Å². The fourth-order valence-corrected chi connectivity index (χ4v) is 4.05. The van der Waals surface area contributed by atoms with E-state index in [1.165, 1.54) is 0 Å². The standard InChI is InChI=1S/C24H18N6O3S/c25-11-19-18(17-7-8-32-13-17)10-20(21-2-1-9-34-21)28-23(19)33-12-15-3-5-16(6-4-15)22(31)29-24-26-14-27-30-24/h1-10,13,27H,12,14H2,(H2,26,29,30,31). The number of carbonyl (C=O) groups is 1. The van der Waals surface area contributed by atoms with Crippen LogP contribution in [0.3, 0.4) is 0 Å². The van der Waals surface area contributed by atoms with Crippen LogP contribution in [0.4, 0.5) is 0 Å². The molecular weight excluding hydrogens is 452 g/mol. The number of thiophene rings is 1. The Balaban J connectivity index is 1.37. The van der Waals surface area contributed by atoms with Gasteiger partial charge in [0.25, 0.3) is 5.91 Å². The smallest absolute Gasteiger partial charge is 0.257 e. The lowest BCUT2D eigenvalue weighted by atomic mass is 10.0. The first-order valence-electron chi connectivity index (χ1n) is 10.3. The third-order valence-corrected chi connectivity index (χ3v) is 5.94. The third kappa shape index (κ3) is 4.52. The number of ether oxygens (including phenoxy) is 1. The average Bonchev–Trinajstić information content (AvgIpc) is 3.66. The Morgan fingerprint density at radius 2 is 2.15 bits per heavy atom. The number of pyridine rings is 1. The Kier molecular flexibility index (Phi) is 6.03. The molecule has 4 aromatic rings. The van der Waals surface area contributed by atoms with E-state index in [9.17, 15) is 10.1 Å². The van der Waals surface area contributed by atoms with Gasteiger partial charge in [0.15, 0.2) is 0 Å². The lowest BCUT2D eigenvalue weighted by Gasteiger charge is -2.12. The van der Waals surface area contributed by atoms with Crippen molar-refractivity contribution in [3.05, 3.63) is 83.1 Å². The highest BCUT2D eigenvalue weighted by Crippen LogP contribution is 2.35. The summed E-state index contributed by atoms with van der Waals surface area (Å²) in [4.78, 5) is 22.0. The molecule has 4 heterocycles. The van der Waals surface area contributed by atoms with Crippen LogP contribution in [0.15, 0.2) is 75.8 Å². The number of nitrogens with zero attached hydrogens (tertiary/aromatic N) is 3. The van der Waals surface area contributed by atoms with Crippen LogP contribution in [-0.2, 0) is 6.61 Å². The van der Waals surface area contributed by atoms with Gasteiger partial charge in [-0.2, -0.15) is 5.26 Å².